The van der Waals surface area contributed by atoms with Crippen molar-refractivity contribution in [3.05, 3.63) is 55.9 Å². The zero-order valence-electron chi connectivity index (χ0n) is 7.93. The molecule has 0 aliphatic rings. The van der Waals surface area contributed by atoms with Crippen LogP contribution in [0.1, 0.15) is 0 Å². The van der Waals surface area contributed by atoms with Gasteiger partial charge in [0, 0.05) is 33.4 Å². The summed E-state index contributed by atoms with van der Waals surface area (Å²) in [6, 6.07) is 6.49. The lowest BCUT2D eigenvalue weighted by atomic mass is 10.1. The van der Waals surface area contributed by atoms with E-state index in [9.17, 15) is 4.79 Å². The Bertz CT molecular complexity index is 572. The molecule has 1 heterocycles. The largest absolute Gasteiger partial charge is 0.328 e. The molecule has 0 fully saturated rings. The maximum atomic E-state index is 11.2. The van der Waals surface area contributed by atoms with Crippen LogP contribution >= 0.6 is 34.8 Å². The smallest absolute Gasteiger partial charge is 0.248 e. The van der Waals surface area contributed by atoms with Crippen LogP contribution in [-0.4, -0.2) is 4.98 Å². The lowest BCUT2D eigenvalue weighted by Gasteiger charge is -2.07. The lowest BCUT2D eigenvalue weighted by Crippen LogP contribution is -2.03. The van der Waals surface area contributed by atoms with Gasteiger partial charge in [-0.25, -0.2) is 0 Å². The average Bonchev–Trinajstić information content (AvgIpc) is 2.23. The molecule has 0 aliphatic carbocycles. The molecule has 0 atom stereocenters. The Morgan fingerprint density at radius 1 is 1.00 bits per heavy atom. The minimum atomic E-state index is -0.254. The molecule has 0 radical (unpaired) electrons. The van der Waals surface area contributed by atoms with Gasteiger partial charge < -0.3 is 4.98 Å². The third kappa shape index (κ3) is 2.09. The highest BCUT2D eigenvalue weighted by Gasteiger charge is 2.11. The first-order chi connectivity index (χ1) is 7.59. The minimum absolute atomic E-state index is 0.254. The Morgan fingerprint density at radius 2 is 1.62 bits per heavy atom. The molecular formula is C11H6Cl3NO. The molecule has 2 aromatic rings. The van der Waals surface area contributed by atoms with E-state index < -0.39 is 0 Å². The van der Waals surface area contributed by atoms with Crippen LogP contribution in [0.25, 0.3) is 11.1 Å². The van der Waals surface area contributed by atoms with Gasteiger partial charge >= 0.3 is 0 Å². The molecule has 2 nitrogen and oxygen atoms in total. The summed E-state index contributed by atoms with van der Waals surface area (Å²) < 4.78 is 0. The summed E-state index contributed by atoms with van der Waals surface area (Å²) in [5.74, 6) is 0. The molecule has 0 bridgehead atoms. The maximum Gasteiger partial charge on any atom is 0.248 e. The van der Waals surface area contributed by atoms with Crippen molar-refractivity contribution in [2.75, 3.05) is 0 Å². The Morgan fingerprint density at radius 3 is 2.25 bits per heavy atom. The van der Waals surface area contributed by atoms with E-state index in [4.69, 9.17) is 34.8 Å². The topological polar surface area (TPSA) is 32.9 Å². The zero-order chi connectivity index (χ0) is 11.7. The number of rotatable bonds is 1. The maximum absolute atomic E-state index is 11.2. The van der Waals surface area contributed by atoms with Crippen molar-refractivity contribution < 1.29 is 0 Å². The summed E-state index contributed by atoms with van der Waals surface area (Å²) in [4.78, 5) is 13.7. The molecule has 0 spiro atoms. The molecule has 82 valence electrons. The molecule has 1 aromatic heterocycles. The van der Waals surface area contributed by atoms with E-state index in [0.29, 0.717) is 26.2 Å². The van der Waals surface area contributed by atoms with Gasteiger partial charge in [-0.1, -0.05) is 40.9 Å². The number of pyridine rings is 1. The molecule has 16 heavy (non-hydrogen) atoms. The first-order valence-corrected chi connectivity index (χ1v) is 5.55. The van der Waals surface area contributed by atoms with E-state index >= 15 is 0 Å². The van der Waals surface area contributed by atoms with Gasteiger partial charge in [-0.15, -0.1) is 0 Å². The summed E-state index contributed by atoms with van der Waals surface area (Å²) >= 11 is 18.1. The quantitative estimate of drug-likeness (QED) is 0.837. The van der Waals surface area contributed by atoms with Crippen LogP contribution in [0.15, 0.2) is 35.3 Å². The van der Waals surface area contributed by atoms with Gasteiger partial charge in [0.2, 0.25) is 5.56 Å². The van der Waals surface area contributed by atoms with Crippen molar-refractivity contribution in [3.8, 4) is 11.1 Å². The summed E-state index contributed by atoms with van der Waals surface area (Å²) in [5, 5.41) is 1.31. The number of aromatic nitrogens is 1. The van der Waals surface area contributed by atoms with E-state index in [2.05, 4.69) is 4.98 Å². The van der Waals surface area contributed by atoms with Gasteiger partial charge in [-0.2, -0.15) is 0 Å². The highest BCUT2D eigenvalue weighted by Crippen LogP contribution is 2.37. The monoisotopic (exact) mass is 273 g/mol. The second-order valence-electron chi connectivity index (χ2n) is 3.16. The number of H-pyrrole nitrogens is 1. The van der Waals surface area contributed by atoms with Crippen LogP contribution in [-0.2, 0) is 0 Å². The molecule has 0 amide bonds. The fourth-order valence-corrected chi connectivity index (χ4v) is 2.21. The molecular weight excluding hydrogens is 268 g/mol. The average molecular weight is 275 g/mol. The normalized spacial score (nSPS) is 10.4. The van der Waals surface area contributed by atoms with Crippen LogP contribution in [0.2, 0.25) is 15.1 Å². The molecule has 1 N–H and O–H groups in total. The van der Waals surface area contributed by atoms with Gasteiger partial charge in [0.25, 0.3) is 0 Å². The van der Waals surface area contributed by atoms with Gasteiger partial charge in [0.1, 0.15) is 0 Å². The van der Waals surface area contributed by atoms with Crippen molar-refractivity contribution in [2.45, 2.75) is 0 Å². The van der Waals surface area contributed by atoms with E-state index in [0.717, 1.165) is 0 Å². The third-order valence-electron chi connectivity index (χ3n) is 2.11. The Kier molecular flexibility index (Phi) is 3.24. The fourth-order valence-electron chi connectivity index (χ4n) is 1.40. The summed E-state index contributed by atoms with van der Waals surface area (Å²) in [6.45, 7) is 0. The molecule has 1 aromatic carbocycles. The predicted molar refractivity (Wildman–Crippen MR) is 67.5 cm³/mol. The summed E-state index contributed by atoms with van der Waals surface area (Å²) in [6.07, 6.45) is 1.42. The van der Waals surface area contributed by atoms with E-state index in [1.165, 1.54) is 12.3 Å². The van der Waals surface area contributed by atoms with Crippen molar-refractivity contribution >= 4 is 34.8 Å². The number of aromatic amines is 1. The highest BCUT2D eigenvalue weighted by molar-refractivity contribution is 6.41. The fraction of sp³-hybridized carbons (Fsp3) is 0. The van der Waals surface area contributed by atoms with Crippen LogP contribution in [0.5, 0.6) is 0 Å². The second kappa shape index (κ2) is 4.50. The second-order valence-corrected chi connectivity index (χ2v) is 4.38. The van der Waals surface area contributed by atoms with E-state index in [1.54, 1.807) is 18.2 Å². The van der Waals surface area contributed by atoms with Crippen molar-refractivity contribution in [3.63, 3.8) is 0 Å². The van der Waals surface area contributed by atoms with Crippen LogP contribution in [0.4, 0.5) is 0 Å². The first kappa shape index (κ1) is 11.5. The molecule has 0 saturated heterocycles. The number of benzene rings is 1. The Labute approximate surface area is 107 Å². The van der Waals surface area contributed by atoms with Crippen molar-refractivity contribution in [1.29, 1.82) is 0 Å². The Balaban J connectivity index is 2.77. The third-order valence-corrected chi connectivity index (χ3v) is 3.05. The molecule has 0 aliphatic heterocycles. The number of hydrogen-bond acceptors (Lipinski definition) is 1. The van der Waals surface area contributed by atoms with Crippen LogP contribution in [0, 0.1) is 0 Å². The number of hydrogen-bond donors (Lipinski definition) is 1. The summed E-state index contributed by atoms with van der Waals surface area (Å²) in [7, 11) is 0. The van der Waals surface area contributed by atoms with Gasteiger partial charge in [0.15, 0.2) is 0 Å². The number of nitrogens with one attached hydrogen (secondary N) is 1. The molecule has 5 heteroatoms. The van der Waals surface area contributed by atoms with Crippen LogP contribution in [0.3, 0.4) is 0 Å². The van der Waals surface area contributed by atoms with Gasteiger partial charge in [-0.3, -0.25) is 4.79 Å². The van der Waals surface area contributed by atoms with Gasteiger partial charge in [-0.05, 0) is 12.1 Å². The summed E-state index contributed by atoms with van der Waals surface area (Å²) in [5.41, 5.74) is 0.846. The minimum Gasteiger partial charge on any atom is -0.328 e. The van der Waals surface area contributed by atoms with E-state index in [-0.39, 0.29) is 5.56 Å². The lowest BCUT2D eigenvalue weighted by molar-refractivity contribution is 1.24. The molecule has 0 saturated carbocycles. The zero-order valence-corrected chi connectivity index (χ0v) is 10.2. The standard InChI is InChI=1S/C11H6Cl3NO/c12-7-2-1-3-8(13)11(7)6-4-10(16)15-5-9(6)14/h1-5H,(H,15,16). The highest BCUT2D eigenvalue weighted by atomic mass is 35.5. The van der Waals surface area contributed by atoms with Crippen molar-refractivity contribution in [1.82, 2.24) is 4.98 Å². The predicted octanol–water partition coefficient (Wildman–Crippen LogP) is 4.00. The number of halogens is 3. The van der Waals surface area contributed by atoms with Crippen molar-refractivity contribution in [2.24, 2.45) is 0 Å². The first-order valence-electron chi connectivity index (χ1n) is 4.42. The Hall–Kier alpha value is -0.960. The molecule has 0 unspecified atom stereocenters. The van der Waals surface area contributed by atoms with Crippen LogP contribution < -0.4 is 5.56 Å². The van der Waals surface area contributed by atoms with Gasteiger partial charge in [0.05, 0.1) is 5.02 Å². The SMILES string of the molecule is O=c1cc(-c2c(Cl)cccc2Cl)c(Cl)c[nH]1. The molecule has 2 rings (SSSR count). The van der Waals surface area contributed by atoms with E-state index in [1.807, 2.05) is 0 Å².